The van der Waals surface area contributed by atoms with Gasteiger partial charge in [0.05, 0.1) is 21.0 Å². The number of hydrogen-bond donors (Lipinski definition) is 1. The average molecular weight is 394 g/mol. The lowest BCUT2D eigenvalue weighted by Gasteiger charge is -2.06. The van der Waals surface area contributed by atoms with Gasteiger partial charge in [0.2, 0.25) is 0 Å². The van der Waals surface area contributed by atoms with E-state index in [1.165, 1.54) is 12.8 Å². The van der Waals surface area contributed by atoms with Gasteiger partial charge in [-0.2, -0.15) is 0 Å². The lowest BCUT2D eigenvalue weighted by molar-refractivity contribution is 0.897. The van der Waals surface area contributed by atoms with Crippen molar-refractivity contribution >= 4 is 39.0 Å². The highest BCUT2D eigenvalue weighted by Gasteiger charge is 2.19. The Bertz CT molecular complexity index is 1050. The van der Waals surface area contributed by atoms with Gasteiger partial charge in [0.25, 0.3) is 0 Å². The van der Waals surface area contributed by atoms with Crippen LogP contribution in [-0.4, -0.2) is 25.7 Å². The van der Waals surface area contributed by atoms with Gasteiger partial charge in [-0.25, -0.2) is 19.9 Å². The number of aromatic nitrogens is 4. The number of nitrogens with zero attached hydrogens (tertiary/aromatic N) is 4. The number of anilines is 1. The lowest BCUT2D eigenvalue weighted by atomic mass is 10.1. The highest BCUT2D eigenvalue weighted by Crippen LogP contribution is 2.43. The molecule has 2 N–H and O–H groups in total. The van der Waals surface area contributed by atoms with Crippen molar-refractivity contribution in [2.75, 3.05) is 11.5 Å². The van der Waals surface area contributed by atoms with Crippen molar-refractivity contribution in [3.8, 4) is 22.9 Å². The van der Waals surface area contributed by atoms with Crippen LogP contribution >= 0.6 is 23.1 Å². The molecule has 27 heavy (non-hydrogen) atoms. The molecule has 0 fully saturated rings. The van der Waals surface area contributed by atoms with Gasteiger partial charge in [0, 0.05) is 18.0 Å². The third-order valence-electron chi connectivity index (χ3n) is 4.10. The van der Waals surface area contributed by atoms with Crippen LogP contribution in [0.1, 0.15) is 19.8 Å². The molecule has 0 spiro atoms. The number of fused-ring (bicyclic) bond motifs is 1. The SMILES string of the molecule is CCCCSc1sc2nc(-c3ncccn3)nc(-c3ccccc3)c2c1N. The molecule has 0 saturated carbocycles. The van der Waals surface area contributed by atoms with Crippen molar-refractivity contribution in [2.24, 2.45) is 0 Å². The monoisotopic (exact) mass is 393 g/mol. The third kappa shape index (κ3) is 3.65. The fourth-order valence-corrected chi connectivity index (χ4v) is 5.16. The molecular weight excluding hydrogens is 374 g/mol. The van der Waals surface area contributed by atoms with E-state index < -0.39 is 0 Å². The second kappa shape index (κ2) is 8.02. The Labute approximate surface area is 166 Å². The molecule has 136 valence electrons. The molecular formula is C20H19N5S2. The molecule has 0 radical (unpaired) electrons. The van der Waals surface area contributed by atoms with Crippen LogP contribution in [0.5, 0.6) is 0 Å². The van der Waals surface area contributed by atoms with E-state index in [0.717, 1.165) is 37.1 Å². The van der Waals surface area contributed by atoms with Crippen LogP contribution < -0.4 is 5.73 Å². The summed E-state index contributed by atoms with van der Waals surface area (Å²) in [4.78, 5) is 19.0. The van der Waals surface area contributed by atoms with E-state index in [-0.39, 0.29) is 0 Å². The molecule has 0 aliphatic heterocycles. The van der Waals surface area contributed by atoms with Gasteiger partial charge in [-0.1, -0.05) is 43.7 Å². The van der Waals surface area contributed by atoms with Gasteiger partial charge in [-0.05, 0) is 18.2 Å². The maximum atomic E-state index is 6.53. The summed E-state index contributed by atoms with van der Waals surface area (Å²) >= 11 is 3.42. The van der Waals surface area contributed by atoms with Gasteiger partial charge in [0.15, 0.2) is 11.6 Å². The summed E-state index contributed by atoms with van der Waals surface area (Å²) in [6, 6.07) is 11.9. The second-order valence-electron chi connectivity index (χ2n) is 6.02. The van der Waals surface area contributed by atoms with E-state index in [4.69, 9.17) is 15.7 Å². The lowest BCUT2D eigenvalue weighted by Crippen LogP contribution is -1.98. The number of rotatable bonds is 6. The Balaban J connectivity index is 1.91. The van der Waals surface area contributed by atoms with Crippen molar-refractivity contribution in [1.29, 1.82) is 0 Å². The molecule has 0 saturated heterocycles. The molecule has 0 bridgehead atoms. The third-order valence-corrected chi connectivity index (χ3v) is 6.57. The zero-order chi connectivity index (χ0) is 18.6. The van der Waals surface area contributed by atoms with Crippen LogP contribution in [-0.2, 0) is 0 Å². The fourth-order valence-electron chi connectivity index (χ4n) is 2.74. The zero-order valence-corrected chi connectivity index (χ0v) is 16.6. The maximum absolute atomic E-state index is 6.53. The van der Waals surface area contributed by atoms with Crippen molar-refractivity contribution < 1.29 is 0 Å². The van der Waals surface area contributed by atoms with E-state index in [1.807, 2.05) is 30.3 Å². The Hall–Kier alpha value is -2.51. The fraction of sp³-hybridized carbons (Fsp3) is 0.200. The van der Waals surface area contributed by atoms with Crippen molar-refractivity contribution in [2.45, 2.75) is 24.0 Å². The molecule has 4 aromatic rings. The standard InChI is InChI=1S/C20H19N5S2/c1-2-3-12-26-20-15(21)14-16(13-8-5-4-6-9-13)24-18(25-19(14)27-20)17-22-10-7-11-23-17/h4-11H,2-3,12,21H2,1H3. The summed E-state index contributed by atoms with van der Waals surface area (Å²) in [7, 11) is 0. The quantitative estimate of drug-likeness (QED) is 0.354. The minimum Gasteiger partial charge on any atom is -0.397 e. The molecule has 3 heterocycles. The summed E-state index contributed by atoms with van der Waals surface area (Å²) in [6.45, 7) is 2.19. The maximum Gasteiger partial charge on any atom is 0.199 e. The molecule has 0 unspecified atom stereocenters. The Morgan fingerprint density at radius 1 is 1.00 bits per heavy atom. The highest BCUT2D eigenvalue weighted by atomic mass is 32.2. The number of nitrogen functional groups attached to an aromatic ring is 1. The minimum absolute atomic E-state index is 0.517. The van der Waals surface area contributed by atoms with Gasteiger partial charge < -0.3 is 5.73 Å². The van der Waals surface area contributed by atoms with Crippen molar-refractivity contribution in [1.82, 2.24) is 19.9 Å². The van der Waals surface area contributed by atoms with Crippen LogP contribution in [0.15, 0.2) is 53.0 Å². The number of benzene rings is 1. The largest absolute Gasteiger partial charge is 0.397 e. The molecule has 0 amide bonds. The van der Waals surface area contributed by atoms with E-state index >= 15 is 0 Å². The number of hydrogen-bond acceptors (Lipinski definition) is 7. The molecule has 5 nitrogen and oxygen atoms in total. The minimum atomic E-state index is 0.517. The molecule has 0 aliphatic rings. The smallest absolute Gasteiger partial charge is 0.199 e. The summed E-state index contributed by atoms with van der Waals surface area (Å²) in [5, 5.41) is 0.921. The number of nitrogens with two attached hydrogens (primary N) is 1. The van der Waals surface area contributed by atoms with Crippen molar-refractivity contribution in [3.63, 3.8) is 0 Å². The normalized spacial score (nSPS) is 11.1. The first-order valence-corrected chi connectivity index (χ1v) is 10.6. The van der Waals surface area contributed by atoms with Crippen LogP contribution in [0, 0.1) is 0 Å². The molecule has 1 aromatic carbocycles. The van der Waals surface area contributed by atoms with Gasteiger partial charge in [-0.15, -0.1) is 23.1 Å². The second-order valence-corrected chi connectivity index (χ2v) is 8.38. The highest BCUT2D eigenvalue weighted by molar-refractivity contribution is 8.01. The summed E-state index contributed by atoms with van der Waals surface area (Å²) in [6.07, 6.45) is 5.74. The van der Waals surface area contributed by atoms with Crippen LogP contribution in [0.2, 0.25) is 0 Å². The van der Waals surface area contributed by atoms with Gasteiger partial charge >= 0.3 is 0 Å². The van der Waals surface area contributed by atoms with Crippen LogP contribution in [0.25, 0.3) is 33.1 Å². The number of thiophene rings is 1. The molecule has 0 aliphatic carbocycles. The molecule has 3 aromatic heterocycles. The molecule has 0 atom stereocenters. The van der Waals surface area contributed by atoms with Crippen molar-refractivity contribution in [3.05, 3.63) is 48.8 Å². The Kier molecular flexibility index (Phi) is 5.31. The Morgan fingerprint density at radius 3 is 2.52 bits per heavy atom. The molecule has 7 heteroatoms. The average Bonchev–Trinajstić information content (AvgIpc) is 3.04. The van der Waals surface area contributed by atoms with Crippen LogP contribution in [0.4, 0.5) is 5.69 Å². The van der Waals surface area contributed by atoms with Gasteiger partial charge in [0.1, 0.15) is 4.83 Å². The summed E-state index contributed by atoms with van der Waals surface area (Å²) < 4.78 is 1.11. The summed E-state index contributed by atoms with van der Waals surface area (Å²) in [5.74, 6) is 2.09. The number of unbranched alkanes of at least 4 members (excludes halogenated alkanes) is 1. The topological polar surface area (TPSA) is 77.6 Å². The predicted molar refractivity (Wildman–Crippen MR) is 114 cm³/mol. The first-order valence-electron chi connectivity index (χ1n) is 8.83. The summed E-state index contributed by atoms with van der Waals surface area (Å²) in [5.41, 5.74) is 9.14. The first-order chi connectivity index (χ1) is 13.3. The molecule has 4 rings (SSSR count). The van der Waals surface area contributed by atoms with E-state index in [2.05, 4.69) is 16.9 Å². The zero-order valence-electron chi connectivity index (χ0n) is 14.9. The van der Waals surface area contributed by atoms with Gasteiger partial charge in [-0.3, -0.25) is 0 Å². The number of thioether (sulfide) groups is 1. The predicted octanol–water partition coefficient (Wildman–Crippen LogP) is 5.29. The first kappa shape index (κ1) is 17.9. The van der Waals surface area contributed by atoms with E-state index in [1.54, 1.807) is 41.6 Å². The Morgan fingerprint density at radius 2 is 1.78 bits per heavy atom. The van der Waals surface area contributed by atoms with E-state index in [0.29, 0.717) is 11.6 Å². The van der Waals surface area contributed by atoms with E-state index in [9.17, 15) is 0 Å². The van der Waals surface area contributed by atoms with Crippen LogP contribution in [0.3, 0.4) is 0 Å².